The first-order valence-corrected chi connectivity index (χ1v) is 13.2. The molecule has 2 aliphatic rings. The topological polar surface area (TPSA) is 71.1 Å². The van der Waals surface area contributed by atoms with Gasteiger partial charge in [-0.25, -0.2) is 4.79 Å². The third-order valence-corrected chi connectivity index (χ3v) is 7.22. The van der Waals surface area contributed by atoms with E-state index in [1.165, 1.54) is 17.4 Å². The van der Waals surface area contributed by atoms with Crippen LogP contribution in [0.25, 0.3) is 0 Å². The minimum absolute atomic E-state index is 0.0159. The number of alkyl halides is 3. The number of nitrogens with one attached hydrogen (secondary N) is 1. The van der Waals surface area contributed by atoms with Crippen LogP contribution in [0, 0.1) is 0 Å². The lowest BCUT2D eigenvalue weighted by Crippen LogP contribution is -2.39. The van der Waals surface area contributed by atoms with Crippen LogP contribution >= 0.6 is 11.3 Å². The standard InChI is InChI=1S/C26H32F3N3O4S/c1-25(2,3)36-24(34)32-9-6-20-21(16-37-22(20)15-32)23(33)30-18-12-17(26(27,28)29)13-19(14-18)35-11-10-31-7-4-5-8-31/h12-14,16H,4-11,15H2,1-3H3,(H,30,33). The number of thiophene rings is 1. The quantitative estimate of drug-likeness (QED) is 0.504. The molecule has 1 fully saturated rings. The molecule has 0 bridgehead atoms. The van der Waals surface area contributed by atoms with Gasteiger partial charge in [-0.1, -0.05) is 0 Å². The van der Waals surface area contributed by atoms with Crippen LogP contribution < -0.4 is 10.1 Å². The molecule has 0 atom stereocenters. The van der Waals surface area contributed by atoms with Crippen LogP contribution in [-0.4, -0.2) is 60.2 Å². The lowest BCUT2D eigenvalue weighted by molar-refractivity contribution is -0.137. The van der Waals surface area contributed by atoms with Crippen molar-refractivity contribution in [3.8, 4) is 5.75 Å². The fourth-order valence-corrected chi connectivity index (χ4v) is 5.51. The maximum absolute atomic E-state index is 13.5. The molecule has 0 unspecified atom stereocenters. The van der Waals surface area contributed by atoms with E-state index in [2.05, 4.69) is 10.2 Å². The molecule has 7 nitrogen and oxygen atoms in total. The van der Waals surface area contributed by atoms with Crippen LogP contribution in [0.5, 0.6) is 5.75 Å². The Morgan fingerprint density at radius 1 is 1.08 bits per heavy atom. The predicted octanol–water partition coefficient (Wildman–Crippen LogP) is 5.79. The maximum Gasteiger partial charge on any atom is 0.416 e. The number of anilines is 1. The summed E-state index contributed by atoms with van der Waals surface area (Å²) in [6, 6.07) is 3.28. The van der Waals surface area contributed by atoms with Crippen LogP contribution in [0.3, 0.4) is 0 Å². The van der Waals surface area contributed by atoms with Gasteiger partial charge in [0.25, 0.3) is 5.91 Å². The van der Waals surface area contributed by atoms with Crippen molar-refractivity contribution < 1.29 is 32.2 Å². The van der Waals surface area contributed by atoms with Gasteiger partial charge in [0.2, 0.25) is 0 Å². The molecule has 4 rings (SSSR count). The first-order chi connectivity index (χ1) is 17.4. The highest BCUT2D eigenvalue weighted by Gasteiger charge is 2.32. The van der Waals surface area contributed by atoms with Crippen molar-refractivity contribution in [1.82, 2.24) is 9.80 Å². The Labute approximate surface area is 218 Å². The Bertz CT molecular complexity index is 1140. The maximum atomic E-state index is 13.5. The Hall–Kier alpha value is -2.79. The van der Waals surface area contributed by atoms with Gasteiger partial charge in [-0.3, -0.25) is 9.69 Å². The zero-order chi connectivity index (χ0) is 26.8. The van der Waals surface area contributed by atoms with Crippen LogP contribution in [0.2, 0.25) is 0 Å². The zero-order valence-electron chi connectivity index (χ0n) is 21.2. The second-order valence-electron chi connectivity index (χ2n) is 10.3. The average Bonchev–Trinajstić information content (AvgIpc) is 3.46. The van der Waals surface area contributed by atoms with E-state index in [0.29, 0.717) is 31.6 Å². The zero-order valence-corrected chi connectivity index (χ0v) is 22.1. The second kappa shape index (κ2) is 10.9. The molecule has 1 N–H and O–H groups in total. The van der Waals surface area contributed by atoms with Gasteiger partial charge < -0.3 is 19.7 Å². The van der Waals surface area contributed by atoms with Crippen molar-refractivity contribution in [2.45, 2.75) is 58.4 Å². The summed E-state index contributed by atoms with van der Waals surface area (Å²) in [6.07, 6.45) is -2.32. The summed E-state index contributed by atoms with van der Waals surface area (Å²) in [4.78, 5) is 30.1. The Kier molecular flexibility index (Phi) is 8.03. The predicted molar refractivity (Wildman–Crippen MR) is 135 cm³/mol. The Balaban J connectivity index is 1.45. The summed E-state index contributed by atoms with van der Waals surface area (Å²) >= 11 is 1.34. The lowest BCUT2D eigenvalue weighted by atomic mass is 10.0. The number of likely N-dealkylation sites (tertiary alicyclic amines) is 1. The number of nitrogens with zero attached hydrogens (tertiary/aromatic N) is 2. The van der Waals surface area contributed by atoms with Crippen molar-refractivity contribution in [1.29, 1.82) is 0 Å². The number of hydrogen-bond acceptors (Lipinski definition) is 6. The molecule has 2 amide bonds. The number of halogens is 3. The molecule has 1 aromatic heterocycles. The number of carbonyl (C=O) groups excluding carboxylic acids is 2. The van der Waals surface area contributed by atoms with Crippen molar-refractivity contribution in [3.63, 3.8) is 0 Å². The molecule has 0 aliphatic carbocycles. The van der Waals surface area contributed by atoms with Crippen LogP contribution in [0.15, 0.2) is 23.6 Å². The summed E-state index contributed by atoms with van der Waals surface area (Å²) < 4.78 is 51.7. The molecular weight excluding hydrogens is 507 g/mol. The van der Waals surface area contributed by atoms with Crippen molar-refractivity contribution in [2.24, 2.45) is 0 Å². The van der Waals surface area contributed by atoms with E-state index in [1.54, 1.807) is 31.1 Å². The molecule has 2 aromatic rings. The number of rotatable bonds is 6. The molecule has 3 heterocycles. The number of hydrogen-bond donors (Lipinski definition) is 1. The number of fused-ring (bicyclic) bond motifs is 1. The number of ether oxygens (including phenoxy) is 2. The second-order valence-corrected chi connectivity index (χ2v) is 11.3. The summed E-state index contributed by atoms with van der Waals surface area (Å²) in [5, 5.41) is 4.30. The lowest BCUT2D eigenvalue weighted by Gasteiger charge is -2.30. The highest BCUT2D eigenvalue weighted by Crippen LogP contribution is 2.35. The van der Waals surface area contributed by atoms with Gasteiger partial charge in [-0.2, -0.15) is 13.2 Å². The van der Waals surface area contributed by atoms with Crippen LogP contribution in [-0.2, 0) is 23.9 Å². The third-order valence-electron chi connectivity index (χ3n) is 6.21. The molecule has 11 heteroatoms. The minimum atomic E-state index is -4.58. The smallest absolute Gasteiger partial charge is 0.416 e. The Morgan fingerprint density at radius 3 is 2.49 bits per heavy atom. The first kappa shape index (κ1) is 27.3. The summed E-state index contributed by atoms with van der Waals surface area (Å²) in [5.74, 6) is -0.435. The molecular formula is C26H32F3N3O4S. The number of amides is 2. The molecule has 0 spiro atoms. The van der Waals surface area contributed by atoms with E-state index < -0.39 is 29.3 Å². The summed E-state index contributed by atoms with van der Waals surface area (Å²) in [7, 11) is 0. The van der Waals surface area contributed by atoms with Crippen molar-refractivity contribution >= 4 is 29.0 Å². The largest absolute Gasteiger partial charge is 0.492 e. The van der Waals surface area contributed by atoms with Crippen molar-refractivity contribution in [3.05, 3.63) is 45.1 Å². The van der Waals surface area contributed by atoms with Crippen molar-refractivity contribution in [2.75, 3.05) is 38.1 Å². The molecule has 2 aliphatic heterocycles. The van der Waals surface area contributed by atoms with Crippen LogP contribution in [0.4, 0.5) is 23.7 Å². The summed E-state index contributed by atoms with van der Waals surface area (Å²) in [6.45, 7) is 8.93. The molecule has 37 heavy (non-hydrogen) atoms. The number of benzene rings is 1. The van der Waals surface area contributed by atoms with E-state index in [9.17, 15) is 22.8 Å². The van der Waals surface area contributed by atoms with E-state index >= 15 is 0 Å². The Morgan fingerprint density at radius 2 is 1.81 bits per heavy atom. The van der Waals surface area contributed by atoms with Gasteiger partial charge in [0, 0.05) is 35.1 Å². The fraction of sp³-hybridized carbons (Fsp3) is 0.538. The van der Waals surface area contributed by atoms with Gasteiger partial charge in [0.1, 0.15) is 18.0 Å². The fourth-order valence-electron chi connectivity index (χ4n) is 4.42. The van der Waals surface area contributed by atoms with E-state index in [0.717, 1.165) is 48.5 Å². The SMILES string of the molecule is CC(C)(C)OC(=O)N1CCc2c(C(=O)Nc3cc(OCCN4CCCC4)cc(C(F)(F)F)c3)csc2C1. The number of carbonyl (C=O) groups is 2. The monoisotopic (exact) mass is 539 g/mol. The first-order valence-electron chi connectivity index (χ1n) is 12.3. The van der Waals surface area contributed by atoms with E-state index in [-0.39, 0.29) is 18.0 Å². The van der Waals surface area contributed by atoms with Gasteiger partial charge in [0.05, 0.1) is 17.7 Å². The van der Waals surface area contributed by atoms with Gasteiger partial charge in [-0.05, 0) is 70.8 Å². The van der Waals surface area contributed by atoms with E-state index in [4.69, 9.17) is 9.47 Å². The molecule has 202 valence electrons. The third kappa shape index (κ3) is 7.16. The van der Waals surface area contributed by atoms with Gasteiger partial charge in [0.15, 0.2) is 0 Å². The highest BCUT2D eigenvalue weighted by molar-refractivity contribution is 7.10. The normalized spacial score (nSPS) is 16.4. The highest BCUT2D eigenvalue weighted by atomic mass is 32.1. The summed E-state index contributed by atoms with van der Waals surface area (Å²) in [5.41, 5.74) is -0.280. The minimum Gasteiger partial charge on any atom is -0.492 e. The molecule has 1 saturated heterocycles. The van der Waals surface area contributed by atoms with Gasteiger partial charge >= 0.3 is 12.3 Å². The van der Waals surface area contributed by atoms with Crippen LogP contribution in [0.1, 0.15) is 60.0 Å². The van der Waals surface area contributed by atoms with E-state index in [1.807, 2.05) is 0 Å². The molecule has 0 saturated carbocycles. The molecule has 0 radical (unpaired) electrons. The average molecular weight is 540 g/mol. The van der Waals surface area contributed by atoms with Gasteiger partial charge in [-0.15, -0.1) is 11.3 Å². The molecule has 1 aromatic carbocycles.